The van der Waals surface area contributed by atoms with Gasteiger partial charge in [-0.15, -0.1) is 0 Å². The average Bonchev–Trinajstić information content (AvgIpc) is 3.26. The van der Waals surface area contributed by atoms with Gasteiger partial charge in [-0.05, 0) is 31.9 Å². The molecule has 1 N–H and O–H groups in total. The van der Waals surface area contributed by atoms with Crippen LogP contribution in [0.1, 0.15) is 43.4 Å². The molecule has 1 saturated carbocycles. The summed E-state index contributed by atoms with van der Waals surface area (Å²) in [7, 11) is 1.73. The first-order valence-electron chi connectivity index (χ1n) is 7.70. The van der Waals surface area contributed by atoms with E-state index < -0.39 is 0 Å². The molecule has 1 aliphatic carbocycles. The zero-order valence-corrected chi connectivity index (χ0v) is 12.9. The van der Waals surface area contributed by atoms with Crippen LogP contribution in [0, 0.1) is 12.8 Å². The van der Waals surface area contributed by atoms with Crippen LogP contribution in [0.4, 0.5) is 0 Å². The molecule has 112 valence electrons. The Morgan fingerprint density at radius 1 is 1.35 bits per heavy atom. The molecule has 0 aromatic heterocycles. The van der Waals surface area contributed by atoms with Crippen LogP contribution in [-0.2, 0) is 4.74 Å². The van der Waals surface area contributed by atoms with Gasteiger partial charge in [-0.1, -0.05) is 37.5 Å². The second kappa shape index (κ2) is 7.65. The van der Waals surface area contributed by atoms with Crippen LogP contribution in [-0.4, -0.2) is 26.9 Å². The maximum atomic E-state index is 5.87. The van der Waals surface area contributed by atoms with Crippen molar-refractivity contribution < 1.29 is 9.47 Å². The fourth-order valence-electron chi connectivity index (χ4n) is 2.49. The predicted octanol–water partition coefficient (Wildman–Crippen LogP) is 3.47. The third-order valence-corrected chi connectivity index (χ3v) is 3.86. The van der Waals surface area contributed by atoms with Crippen molar-refractivity contribution in [1.29, 1.82) is 0 Å². The van der Waals surface area contributed by atoms with E-state index in [0.29, 0.717) is 6.61 Å². The van der Waals surface area contributed by atoms with Gasteiger partial charge < -0.3 is 14.8 Å². The summed E-state index contributed by atoms with van der Waals surface area (Å²) in [4.78, 5) is 0. The zero-order chi connectivity index (χ0) is 14.4. The molecule has 2 rings (SSSR count). The first-order chi connectivity index (χ1) is 9.74. The van der Waals surface area contributed by atoms with Gasteiger partial charge in [0.25, 0.3) is 0 Å². The van der Waals surface area contributed by atoms with E-state index in [2.05, 4.69) is 31.3 Å². The van der Waals surface area contributed by atoms with E-state index in [4.69, 9.17) is 9.47 Å². The highest BCUT2D eigenvalue weighted by Crippen LogP contribution is 2.32. The van der Waals surface area contributed by atoms with Gasteiger partial charge in [0.2, 0.25) is 0 Å². The Labute approximate surface area is 122 Å². The summed E-state index contributed by atoms with van der Waals surface area (Å²) in [5.41, 5.74) is 2.45. The molecule has 0 heterocycles. The van der Waals surface area contributed by atoms with Crippen molar-refractivity contribution in [2.45, 2.75) is 39.2 Å². The van der Waals surface area contributed by atoms with Crippen molar-refractivity contribution in [3.63, 3.8) is 0 Å². The van der Waals surface area contributed by atoms with Gasteiger partial charge in [-0.25, -0.2) is 0 Å². The Morgan fingerprint density at radius 2 is 2.15 bits per heavy atom. The average molecular weight is 277 g/mol. The van der Waals surface area contributed by atoms with E-state index in [1.165, 1.54) is 30.4 Å². The fraction of sp³-hybridized carbons (Fsp3) is 0.647. The first kappa shape index (κ1) is 15.3. The molecule has 1 aliphatic rings. The summed E-state index contributed by atoms with van der Waals surface area (Å²) in [5.74, 6) is 1.87. The number of hydrogen-bond acceptors (Lipinski definition) is 3. The molecule has 0 amide bonds. The van der Waals surface area contributed by atoms with Crippen molar-refractivity contribution in [2.24, 2.45) is 5.92 Å². The van der Waals surface area contributed by atoms with Crippen LogP contribution in [0.5, 0.6) is 5.75 Å². The van der Waals surface area contributed by atoms with Crippen LogP contribution in [0.15, 0.2) is 18.2 Å². The lowest BCUT2D eigenvalue weighted by molar-refractivity contribution is 0.106. The van der Waals surface area contributed by atoms with E-state index >= 15 is 0 Å². The predicted molar refractivity (Wildman–Crippen MR) is 82.3 cm³/mol. The van der Waals surface area contributed by atoms with Gasteiger partial charge in [0, 0.05) is 12.2 Å². The van der Waals surface area contributed by atoms with Crippen LogP contribution < -0.4 is 10.1 Å². The number of nitrogens with one attached hydrogen (secondary N) is 1. The highest BCUT2D eigenvalue weighted by Gasteiger charge is 2.21. The second-order valence-electron chi connectivity index (χ2n) is 5.66. The summed E-state index contributed by atoms with van der Waals surface area (Å²) in [6, 6.07) is 6.52. The Morgan fingerprint density at radius 3 is 2.80 bits per heavy atom. The zero-order valence-electron chi connectivity index (χ0n) is 12.9. The largest absolute Gasteiger partial charge is 0.496 e. The molecule has 1 fully saturated rings. The molecule has 3 heteroatoms. The number of aryl methyl sites for hydroxylation is 1. The maximum Gasteiger partial charge on any atom is 0.123 e. The lowest BCUT2D eigenvalue weighted by atomic mass is 10.0. The molecule has 20 heavy (non-hydrogen) atoms. The Hall–Kier alpha value is -1.06. The van der Waals surface area contributed by atoms with Gasteiger partial charge in [-0.3, -0.25) is 0 Å². The van der Waals surface area contributed by atoms with Gasteiger partial charge >= 0.3 is 0 Å². The monoisotopic (exact) mass is 277 g/mol. The minimum atomic E-state index is 0.203. The topological polar surface area (TPSA) is 30.5 Å². The summed E-state index contributed by atoms with van der Waals surface area (Å²) >= 11 is 0. The van der Waals surface area contributed by atoms with Crippen LogP contribution in [0.3, 0.4) is 0 Å². The van der Waals surface area contributed by atoms with E-state index in [0.717, 1.165) is 24.8 Å². The van der Waals surface area contributed by atoms with E-state index in [-0.39, 0.29) is 6.04 Å². The molecule has 1 aromatic rings. The summed E-state index contributed by atoms with van der Waals surface area (Å²) in [6.07, 6.45) is 4.00. The summed E-state index contributed by atoms with van der Waals surface area (Å²) in [6.45, 7) is 6.74. The van der Waals surface area contributed by atoms with Crippen LogP contribution in [0.2, 0.25) is 0 Å². The van der Waals surface area contributed by atoms with Gasteiger partial charge in [0.05, 0.1) is 19.8 Å². The van der Waals surface area contributed by atoms with Crippen molar-refractivity contribution in [3.05, 3.63) is 29.3 Å². The maximum absolute atomic E-state index is 5.87. The van der Waals surface area contributed by atoms with E-state index in [1.807, 2.05) is 6.07 Å². The quantitative estimate of drug-likeness (QED) is 0.701. The first-order valence-corrected chi connectivity index (χ1v) is 7.70. The summed E-state index contributed by atoms with van der Waals surface area (Å²) in [5, 5.41) is 3.50. The highest BCUT2D eigenvalue weighted by atomic mass is 16.5. The smallest absolute Gasteiger partial charge is 0.123 e. The molecule has 1 atom stereocenters. The number of ether oxygens (including phenoxy) is 2. The lowest BCUT2D eigenvalue weighted by Gasteiger charge is -2.21. The molecule has 0 spiro atoms. The normalized spacial score (nSPS) is 16.1. The number of hydrogen-bond donors (Lipinski definition) is 1. The molecule has 1 aromatic carbocycles. The second-order valence-corrected chi connectivity index (χ2v) is 5.66. The van der Waals surface area contributed by atoms with E-state index in [9.17, 15) is 0 Å². The number of likely N-dealkylation sites (N-methyl/N-ethyl adjacent to an activating group) is 1. The minimum absolute atomic E-state index is 0.203. The standard InChI is InChI=1S/C17H27NO2/c1-4-18-16(12-20-10-9-14-6-7-14)15-11-13(2)5-8-17(15)19-3/h5,8,11,14,16,18H,4,6-7,9-10,12H2,1-3H3. The number of rotatable bonds is 9. The minimum Gasteiger partial charge on any atom is -0.496 e. The van der Waals surface area contributed by atoms with Crippen molar-refractivity contribution in [1.82, 2.24) is 5.32 Å². The van der Waals surface area contributed by atoms with Crippen molar-refractivity contribution >= 4 is 0 Å². The number of benzene rings is 1. The third kappa shape index (κ3) is 4.50. The third-order valence-electron chi connectivity index (χ3n) is 3.86. The Kier molecular flexibility index (Phi) is 5.86. The molecule has 0 aliphatic heterocycles. The van der Waals surface area contributed by atoms with Crippen molar-refractivity contribution in [3.8, 4) is 5.75 Å². The van der Waals surface area contributed by atoms with Crippen molar-refractivity contribution in [2.75, 3.05) is 26.9 Å². The molecule has 0 bridgehead atoms. The fourth-order valence-corrected chi connectivity index (χ4v) is 2.49. The van der Waals surface area contributed by atoms with Gasteiger partial charge in [0.15, 0.2) is 0 Å². The summed E-state index contributed by atoms with van der Waals surface area (Å²) < 4.78 is 11.4. The Bertz CT molecular complexity index is 415. The molecular weight excluding hydrogens is 250 g/mol. The molecular formula is C17H27NO2. The van der Waals surface area contributed by atoms with E-state index in [1.54, 1.807) is 7.11 Å². The van der Waals surface area contributed by atoms with Gasteiger partial charge in [-0.2, -0.15) is 0 Å². The highest BCUT2D eigenvalue weighted by molar-refractivity contribution is 5.39. The molecule has 1 unspecified atom stereocenters. The molecule has 0 saturated heterocycles. The lowest BCUT2D eigenvalue weighted by Crippen LogP contribution is -2.26. The van der Waals surface area contributed by atoms with Crippen LogP contribution >= 0.6 is 0 Å². The number of methoxy groups -OCH3 is 1. The SMILES string of the molecule is CCNC(COCCC1CC1)c1cc(C)ccc1OC. The van der Waals surface area contributed by atoms with Crippen LogP contribution in [0.25, 0.3) is 0 Å². The molecule has 0 radical (unpaired) electrons. The Balaban J connectivity index is 1.96. The van der Waals surface area contributed by atoms with Gasteiger partial charge in [0.1, 0.15) is 5.75 Å². The molecule has 3 nitrogen and oxygen atoms in total.